The normalized spacial score (nSPS) is 13.7. The predicted octanol–water partition coefficient (Wildman–Crippen LogP) is 4.09. The van der Waals surface area contributed by atoms with Gasteiger partial charge in [0.15, 0.2) is 0 Å². The van der Waals surface area contributed by atoms with Crippen LogP contribution >= 0.6 is 0 Å². The van der Waals surface area contributed by atoms with Crippen LogP contribution in [0.25, 0.3) is 10.9 Å². The predicted molar refractivity (Wildman–Crippen MR) is 100 cm³/mol. The number of aryl methyl sites for hydroxylation is 2. The van der Waals surface area contributed by atoms with E-state index in [0.29, 0.717) is 6.42 Å². The molecule has 3 aromatic rings. The van der Waals surface area contributed by atoms with Gasteiger partial charge in [0.25, 0.3) is 0 Å². The van der Waals surface area contributed by atoms with Gasteiger partial charge in [-0.1, -0.05) is 18.2 Å². The molecule has 4 nitrogen and oxygen atoms in total. The second kappa shape index (κ2) is 6.63. The molecule has 2 aromatic carbocycles. The number of carbonyl (C=O) groups is 1. The molecule has 0 unspecified atom stereocenters. The van der Waals surface area contributed by atoms with Gasteiger partial charge in [-0.15, -0.1) is 0 Å². The molecule has 0 aliphatic carbocycles. The van der Waals surface area contributed by atoms with Crippen molar-refractivity contribution in [3.8, 4) is 5.75 Å². The van der Waals surface area contributed by atoms with E-state index in [2.05, 4.69) is 23.2 Å². The van der Waals surface area contributed by atoms with Crippen molar-refractivity contribution in [3.63, 3.8) is 0 Å². The van der Waals surface area contributed by atoms with Crippen molar-refractivity contribution in [2.24, 2.45) is 0 Å². The van der Waals surface area contributed by atoms with Crippen LogP contribution in [-0.4, -0.2) is 24.5 Å². The first kappa shape index (κ1) is 15.8. The van der Waals surface area contributed by atoms with Gasteiger partial charge >= 0.3 is 0 Å². The minimum Gasteiger partial charge on any atom is -0.497 e. The molecule has 25 heavy (non-hydrogen) atoms. The van der Waals surface area contributed by atoms with Crippen molar-refractivity contribution in [2.75, 3.05) is 18.6 Å². The molecule has 0 saturated heterocycles. The Balaban J connectivity index is 1.51. The van der Waals surface area contributed by atoms with Crippen LogP contribution in [0.15, 0.2) is 48.7 Å². The number of nitrogens with one attached hydrogen (secondary N) is 1. The molecule has 4 rings (SSSR count). The van der Waals surface area contributed by atoms with Crippen molar-refractivity contribution in [1.82, 2.24) is 4.98 Å². The zero-order valence-corrected chi connectivity index (χ0v) is 14.4. The lowest BCUT2D eigenvalue weighted by atomic mass is 10.0. The molecule has 0 fully saturated rings. The van der Waals surface area contributed by atoms with Crippen LogP contribution in [0.1, 0.15) is 24.0 Å². The third-order valence-corrected chi connectivity index (χ3v) is 4.99. The van der Waals surface area contributed by atoms with Crippen LogP contribution in [0.5, 0.6) is 5.75 Å². The van der Waals surface area contributed by atoms with Gasteiger partial charge in [-0.3, -0.25) is 4.79 Å². The molecule has 4 heteroatoms. The number of nitrogens with zero attached hydrogens (tertiary/aromatic N) is 1. The topological polar surface area (TPSA) is 45.3 Å². The largest absolute Gasteiger partial charge is 0.497 e. The lowest BCUT2D eigenvalue weighted by molar-refractivity contribution is -0.118. The van der Waals surface area contributed by atoms with Crippen molar-refractivity contribution in [2.45, 2.75) is 25.7 Å². The third kappa shape index (κ3) is 3.00. The lowest BCUT2D eigenvalue weighted by Crippen LogP contribution is -2.35. The summed E-state index contributed by atoms with van der Waals surface area (Å²) in [4.78, 5) is 18.0. The van der Waals surface area contributed by atoms with Crippen LogP contribution < -0.4 is 9.64 Å². The molecule has 0 bridgehead atoms. The SMILES string of the molecule is COc1ccc2c(c1)CCCN2C(=O)CCc1c[nH]c2ccccc12. The molecule has 1 N–H and O–H groups in total. The highest BCUT2D eigenvalue weighted by molar-refractivity contribution is 5.95. The van der Waals surface area contributed by atoms with Crippen LogP contribution in [0.2, 0.25) is 0 Å². The van der Waals surface area contributed by atoms with Crippen molar-refractivity contribution in [3.05, 3.63) is 59.8 Å². The van der Waals surface area contributed by atoms with Gasteiger partial charge < -0.3 is 14.6 Å². The van der Waals surface area contributed by atoms with Gasteiger partial charge in [0.05, 0.1) is 7.11 Å². The number of aromatic amines is 1. The molecule has 128 valence electrons. The third-order valence-electron chi connectivity index (χ3n) is 4.99. The number of hydrogen-bond donors (Lipinski definition) is 1. The second-order valence-corrected chi connectivity index (χ2v) is 6.50. The number of fused-ring (bicyclic) bond motifs is 2. The van der Waals surface area contributed by atoms with Gasteiger partial charge in [0.1, 0.15) is 5.75 Å². The zero-order chi connectivity index (χ0) is 17.2. The lowest BCUT2D eigenvalue weighted by Gasteiger charge is -2.30. The maximum atomic E-state index is 12.8. The summed E-state index contributed by atoms with van der Waals surface area (Å²) in [6, 6.07) is 14.2. The second-order valence-electron chi connectivity index (χ2n) is 6.50. The number of para-hydroxylation sites is 1. The highest BCUT2D eigenvalue weighted by Gasteiger charge is 2.22. The number of ether oxygens (including phenoxy) is 1. The Labute approximate surface area is 147 Å². The van der Waals surface area contributed by atoms with Crippen LogP contribution in [0.4, 0.5) is 5.69 Å². The fourth-order valence-corrected chi connectivity index (χ4v) is 3.67. The molecular weight excluding hydrogens is 312 g/mol. The van der Waals surface area contributed by atoms with Crippen molar-refractivity contribution >= 4 is 22.5 Å². The number of benzene rings is 2. The Hall–Kier alpha value is -2.75. The molecule has 1 aliphatic rings. The summed E-state index contributed by atoms with van der Waals surface area (Å²) in [5, 5.41) is 1.21. The number of carbonyl (C=O) groups excluding carboxylic acids is 1. The van der Waals surface area contributed by atoms with Gasteiger partial charge in [0, 0.05) is 35.8 Å². The molecule has 2 heterocycles. The van der Waals surface area contributed by atoms with Crippen LogP contribution in [0, 0.1) is 0 Å². The molecule has 1 aliphatic heterocycles. The molecule has 0 spiro atoms. The highest BCUT2D eigenvalue weighted by Crippen LogP contribution is 2.31. The fourth-order valence-electron chi connectivity index (χ4n) is 3.67. The smallest absolute Gasteiger partial charge is 0.227 e. The number of aromatic nitrogens is 1. The van der Waals surface area contributed by atoms with Crippen LogP contribution in [0.3, 0.4) is 0 Å². The van der Waals surface area contributed by atoms with Crippen LogP contribution in [-0.2, 0) is 17.6 Å². The monoisotopic (exact) mass is 334 g/mol. The number of hydrogen-bond acceptors (Lipinski definition) is 2. The first-order valence-electron chi connectivity index (χ1n) is 8.78. The average Bonchev–Trinajstić information content (AvgIpc) is 3.08. The average molecular weight is 334 g/mol. The number of amides is 1. The summed E-state index contributed by atoms with van der Waals surface area (Å²) in [7, 11) is 1.68. The molecular formula is C21H22N2O2. The first-order valence-corrected chi connectivity index (χ1v) is 8.78. The minimum absolute atomic E-state index is 0.191. The Morgan fingerprint density at radius 1 is 1.24 bits per heavy atom. The van der Waals surface area contributed by atoms with E-state index in [-0.39, 0.29) is 5.91 Å². The fraction of sp³-hybridized carbons (Fsp3) is 0.286. The van der Waals surface area contributed by atoms with E-state index >= 15 is 0 Å². The summed E-state index contributed by atoms with van der Waals surface area (Å²) in [5.41, 5.74) is 4.57. The summed E-state index contributed by atoms with van der Waals surface area (Å²) in [6.07, 6.45) is 5.29. The van der Waals surface area contributed by atoms with Gasteiger partial charge in [0.2, 0.25) is 5.91 Å². The maximum Gasteiger partial charge on any atom is 0.227 e. The van der Waals surface area contributed by atoms with E-state index in [1.807, 2.05) is 35.4 Å². The molecule has 0 radical (unpaired) electrons. The van der Waals surface area contributed by atoms with E-state index in [9.17, 15) is 4.79 Å². The van der Waals surface area contributed by atoms with Crippen molar-refractivity contribution < 1.29 is 9.53 Å². The Bertz CT molecular complexity index is 913. The minimum atomic E-state index is 0.191. The number of H-pyrrole nitrogens is 1. The zero-order valence-electron chi connectivity index (χ0n) is 14.4. The van der Waals surface area contributed by atoms with E-state index in [1.54, 1.807) is 7.11 Å². The van der Waals surface area contributed by atoms with Gasteiger partial charge in [-0.25, -0.2) is 0 Å². The molecule has 1 aromatic heterocycles. The summed E-state index contributed by atoms with van der Waals surface area (Å²) < 4.78 is 5.31. The molecule has 0 atom stereocenters. The van der Waals surface area contributed by atoms with Gasteiger partial charge in [-0.05, 0) is 54.7 Å². The molecule has 1 amide bonds. The maximum absolute atomic E-state index is 12.8. The van der Waals surface area contributed by atoms with Crippen molar-refractivity contribution in [1.29, 1.82) is 0 Å². The van der Waals surface area contributed by atoms with Gasteiger partial charge in [-0.2, -0.15) is 0 Å². The van der Waals surface area contributed by atoms with E-state index in [4.69, 9.17) is 4.74 Å². The van der Waals surface area contributed by atoms with E-state index in [1.165, 1.54) is 16.5 Å². The Kier molecular flexibility index (Phi) is 4.18. The summed E-state index contributed by atoms with van der Waals surface area (Å²) in [5.74, 6) is 1.04. The number of rotatable bonds is 4. The number of methoxy groups -OCH3 is 1. The van der Waals surface area contributed by atoms with E-state index < -0.39 is 0 Å². The van der Waals surface area contributed by atoms with E-state index in [0.717, 1.165) is 42.8 Å². The molecule has 0 saturated carbocycles. The Morgan fingerprint density at radius 3 is 3.00 bits per heavy atom. The number of anilines is 1. The summed E-state index contributed by atoms with van der Waals surface area (Å²) in [6.45, 7) is 0.798. The quantitative estimate of drug-likeness (QED) is 0.781. The highest BCUT2D eigenvalue weighted by atomic mass is 16.5. The Morgan fingerprint density at radius 2 is 2.12 bits per heavy atom. The summed E-state index contributed by atoms with van der Waals surface area (Å²) >= 11 is 0. The first-order chi connectivity index (χ1) is 12.3. The standard InChI is InChI=1S/C21H22N2O2/c1-25-17-9-10-20-15(13-17)5-4-12-23(20)21(24)11-8-16-14-22-19-7-3-2-6-18(16)19/h2-3,6-7,9-10,13-14,22H,4-5,8,11-12H2,1H3.